The summed E-state index contributed by atoms with van der Waals surface area (Å²) >= 11 is 0. The van der Waals surface area contributed by atoms with E-state index in [0.717, 1.165) is 0 Å². The Hall–Kier alpha value is 1.15. The molecule has 0 aromatic carbocycles. The van der Waals surface area contributed by atoms with Gasteiger partial charge in [-0.3, -0.25) is 0 Å². The zero-order chi connectivity index (χ0) is 19.3. The molecular formula is C25H59ClP2. The summed E-state index contributed by atoms with van der Waals surface area (Å²) in [5, 5.41) is 0. The fourth-order valence-electron chi connectivity index (χ4n) is 4.37. The van der Waals surface area contributed by atoms with Gasteiger partial charge in [0.1, 0.15) is 0 Å². The molecule has 3 heteroatoms. The maximum atomic E-state index is 2.76. The number of hydrogen-bond acceptors (Lipinski definition) is 0. The van der Waals surface area contributed by atoms with Crippen LogP contribution in [0.5, 0.6) is 0 Å². The molecule has 28 heavy (non-hydrogen) atoms. The summed E-state index contributed by atoms with van der Waals surface area (Å²) in [6.45, 7) is 9.73. The standard InChI is InChI=1S/C25H55P.ClH.H3P/c1-5-8-11-14-17-20-23-26(4,24-21-18-15-12-9-6-2)25-22-19-16-13-10-7-3;;/h26H,5-25H2,1-4H3;1H;1H3. The van der Waals surface area contributed by atoms with Gasteiger partial charge in [0.25, 0.3) is 0 Å². The molecule has 0 rings (SSSR count). The second kappa shape index (κ2) is 26.2. The fourth-order valence-corrected chi connectivity index (χ4v) is 8.43. The Morgan fingerprint density at radius 3 is 0.857 bits per heavy atom. The summed E-state index contributed by atoms with van der Waals surface area (Å²) in [6.07, 6.45) is 31.4. The van der Waals surface area contributed by atoms with E-state index in [9.17, 15) is 0 Å². The molecule has 0 N–H and O–H groups in total. The monoisotopic (exact) mass is 456 g/mol. The maximum absolute atomic E-state index is 2.76. The summed E-state index contributed by atoms with van der Waals surface area (Å²) in [5.74, 6) is 0. The minimum absolute atomic E-state index is 0. The topological polar surface area (TPSA) is 0 Å². The molecule has 0 spiro atoms. The van der Waals surface area contributed by atoms with Crippen LogP contribution >= 0.6 is 29.6 Å². The van der Waals surface area contributed by atoms with E-state index >= 15 is 0 Å². The zero-order valence-electron chi connectivity index (χ0n) is 20.5. The molecule has 0 amide bonds. The Bertz CT molecular complexity index is 230. The van der Waals surface area contributed by atoms with Crippen molar-refractivity contribution in [1.82, 2.24) is 0 Å². The van der Waals surface area contributed by atoms with Crippen molar-refractivity contribution in [2.75, 3.05) is 25.2 Å². The first-order chi connectivity index (χ1) is 12.7. The molecular weight excluding hydrogens is 398 g/mol. The average Bonchev–Trinajstić information content (AvgIpc) is 2.64. The van der Waals surface area contributed by atoms with Gasteiger partial charge in [0.15, 0.2) is 0 Å². The van der Waals surface area contributed by atoms with Crippen LogP contribution in [0.4, 0.5) is 0 Å². The minimum Gasteiger partial charge on any atom is -0.153 e. The zero-order valence-corrected chi connectivity index (χ0v) is 23.7. The Labute approximate surface area is 190 Å². The van der Waals surface area contributed by atoms with Crippen molar-refractivity contribution in [1.29, 1.82) is 0 Å². The minimum atomic E-state index is -0.955. The van der Waals surface area contributed by atoms with Gasteiger partial charge in [0, 0.05) is 0 Å². The van der Waals surface area contributed by atoms with Gasteiger partial charge in [-0.15, -0.1) is 12.4 Å². The first-order valence-corrected chi connectivity index (χ1v) is 15.8. The Morgan fingerprint density at radius 1 is 0.393 bits per heavy atom. The van der Waals surface area contributed by atoms with Gasteiger partial charge in [0.05, 0.1) is 0 Å². The number of halogens is 1. The molecule has 1 atom stereocenters. The summed E-state index contributed by atoms with van der Waals surface area (Å²) < 4.78 is 0. The summed E-state index contributed by atoms with van der Waals surface area (Å²) in [4.78, 5) is 0. The molecule has 0 radical (unpaired) electrons. The molecule has 0 aliphatic heterocycles. The van der Waals surface area contributed by atoms with Gasteiger partial charge in [-0.25, -0.2) is 0 Å². The van der Waals surface area contributed by atoms with Gasteiger partial charge in [-0.1, -0.05) is 0 Å². The van der Waals surface area contributed by atoms with Crippen molar-refractivity contribution >= 4 is 29.6 Å². The third-order valence-electron chi connectivity index (χ3n) is 6.40. The SMILES string of the molecule is CCCCCCCC[PH](C)(CCCCCCCC)CCCCCCCC.Cl.P. The maximum Gasteiger partial charge on any atom is -0.147 e. The van der Waals surface area contributed by atoms with Crippen LogP contribution in [-0.4, -0.2) is 25.2 Å². The van der Waals surface area contributed by atoms with E-state index in [2.05, 4.69) is 27.4 Å². The van der Waals surface area contributed by atoms with E-state index in [4.69, 9.17) is 0 Å². The number of unbranched alkanes of at least 4 members (excludes halogenated alkanes) is 15. The molecule has 0 heterocycles. The quantitative estimate of drug-likeness (QED) is 0.119. The first-order valence-electron chi connectivity index (χ1n) is 12.7. The predicted octanol–water partition coefficient (Wildman–Crippen LogP) is 9.93. The van der Waals surface area contributed by atoms with Crippen molar-refractivity contribution in [2.45, 2.75) is 136 Å². The van der Waals surface area contributed by atoms with Crippen molar-refractivity contribution in [2.24, 2.45) is 0 Å². The third-order valence-corrected chi connectivity index (χ3v) is 11.1. The van der Waals surface area contributed by atoms with E-state index in [0.29, 0.717) is 0 Å². The van der Waals surface area contributed by atoms with Crippen LogP contribution < -0.4 is 0 Å². The van der Waals surface area contributed by atoms with Crippen LogP contribution in [0, 0.1) is 0 Å². The summed E-state index contributed by atoms with van der Waals surface area (Å²) in [7, 11) is -0.955. The summed E-state index contributed by atoms with van der Waals surface area (Å²) in [6, 6.07) is 0. The van der Waals surface area contributed by atoms with E-state index in [1.54, 1.807) is 18.5 Å². The third kappa shape index (κ3) is 23.4. The normalized spacial score (nSPS) is 11.7. The van der Waals surface area contributed by atoms with Crippen molar-refractivity contribution < 1.29 is 0 Å². The fraction of sp³-hybridized carbons (Fsp3) is 1.00. The van der Waals surface area contributed by atoms with Crippen molar-refractivity contribution in [3.8, 4) is 0 Å². The van der Waals surface area contributed by atoms with Gasteiger partial charge >= 0.3 is 169 Å². The number of rotatable bonds is 21. The first kappa shape index (κ1) is 33.8. The molecule has 0 bridgehead atoms. The van der Waals surface area contributed by atoms with Crippen LogP contribution in [0.1, 0.15) is 136 Å². The Morgan fingerprint density at radius 2 is 0.607 bits per heavy atom. The predicted molar refractivity (Wildman–Crippen MR) is 147 cm³/mol. The van der Waals surface area contributed by atoms with E-state index in [-0.39, 0.29) is 22.3 Å². The molecule has 0 saturated heterocycles. The largest absolute Gasteiger partial charge is 0.153 e. The van der Waals surface area contributed by atoms with Gasteiger partial charge in [0.2, 0.25) is 0 Å². The van der Waals surface area contributed by atoms with Crippen molar-refractivity contribution in [3.05, 3.63) is 0 Å². The van der Waals surface area contributed by atoms with Crippen LogP contribution in [0.25, 0.3) is 0 Å². The van der Waals surface area contributed by atoms with E-state index in [1.807, 2.05) is 0 Å². The van der Waals surface area contributed by atoms with Gasteiger partial charge in [-0.2, -0.15) is 9.90 Å². The molecule has 1 unspecified atom stereocenters. The Kier molecular flexibility index (Phi) is 31.6. The molecule has 0 nitrogen and oxygen atoms in total. The van der Waals surface area contributed by atoms with Gasteiger partial charge < -0.3 is 0 Å². The molecule has 0 aliphatic rings. The molecule has 176 valence electrons. The second-order valence-corrected chi connectivity index (χ2v) is 14.5. The smallest absolute Gasteiger partial charge is 0.147 e. The van der Waals surface area contributed by atoms with Crippen LogP contribution in [0.15, 0.2) is 0 Å². The Balaban J connectivity index is -0.00000312. The number of hydrogen-bond donors (Lipinski definition) is 0. The molecule has 0 aliphatic carbocycles. The van der Waals surface area contributed by atoms with Crippen LogP contribution in [0.3, 0.4) is 0 Å². The van der Waals surface area contributed by atoms with E-state index in [1.165, 1.54) is 116 Å². The van der Waals surface area contributed by atoms with Crippen molar-refractivity contribution in [3.63, 3.8) is 0 Å². The molecule has 0 aromatic rings. The average molecular weight is 457 g/mol. The van der Waals surface area contributed by atoms with Crippen LogP contribution in [0.2, 0.25) is 0 Å². The molecule has 0 fully saturated rings. The molecule has 0 aromatic heterocycles. The second-order valence-electron chi connectivity index (χ2n) is 9.36. The van der Waals surface area contributed by atoms with Crippen LogP contribution in [-0.2, 0) is 0 Å². The summed E-state index contributed by atoms with van der Waals surface area (Å²) in [5.41, 5.74) is 0. The van der Waals surface area contributed by atoms with E-state index < -0.39 is 7.26 Å². The molecule has 0 saturated carbocycles. The van der Waals surface area contributed by atoms with Gasteiger partial charge in [-0.05, 0) is 0 Å².